The predicted molar refractivity (Wildman–Crippen MR) is 97.7 cm³/mol. The van der Waals surface area contributed by atoms with Gasteiger partial charge in [-0.2, -0.15) is 4.31 Å². The van der Waals surface area contributed by atoms with Gasteiger partial charge in [0.05, 0.1) is 10.8 Å². The molecular weight excluding hydrogens is 336 g/mol. The Morgan fingerprint density at radius 2 is 1.72 bits per heavy atom. The Labute approximate surface area is 150 Å². The molecule has 138 valence electrons. The van der Waals surface area contributed by atoms with Gasteiger partial charge in [-0.1, -0.05) is 37.0 Å². The SMILES string of the molecule is Cc1ccc(S(=O)(=O)N2CCC[C@@H](C(=O)NC3CCCCC3)C2)cc1. The highest BCUT2D eigenvalue weighted by molar-refractivity contribution is 7.89. The molecule has 1 amide bonds. The maximum absolute atomic E-state index is 12.9. The number of aryl methyl sites for hydroxylation is 1. The Balaban J connectivity index is 1.65. The number of nitrogens with zero attached hydrogens (tertiary/aromatic N) is 1. The van der Waals surface area contributed by atoms with Crippen molar-refractivity contribution in [3.63, 3.8) is 0 Å². The molecule has 0 unspecified atom stereocenters. The molecule has 0 aromatic heterocycles. The molecule has 1 saturated carbocycles. The molecule has 2 fully saturated rings. The normalized spacial score (nSPS) is 23.3. The van der Waals surface area contributed by atoms with Gasteiger partial charge in [-0.25, -0.2) is 8.42 Å². The molecule has 0 bridgehead atoms. The van der Waals surface area contributed by atoms with Crippen molar-refractivity contribution in [1.29, 1.82) is 0 Å². The number of sulfonamides is 1. The van der Waals surface area contributed by atoms with Crippen molar-refractivity contribution in [2.24, 2.45) is 5.92 Å². The zero-order valence-corrected chi connectivity index (χ0v) is 15.7. The zero-order chi connectivity index (χ0) is 17.9. The standard InChI is InChI=1S/C19H28N2O3S/c1-15-9-11-18(12-10-15)25(23,24)21-13-5-6-16(14-21)19(22)20-17-7-3-2-4-8-17/h9-12,16-17H,2-8,13-14H2,1H3,(H,20,22)/t16-/m1/s1. The molecule has 1 aromatic carbocycles. The molecular formula is C19H28N2O3S. The van der Waals surface area contributed by atoms with Gasteiger partial charge >= 0.3 is 0 Å². The van der Waals surface area contributed by atoms with E-state index in [0.29, 0.717) is 11.4 Å². The van der Waals surface area contributed by atoms with Crippen LogP contribution in [0.3, 0.4) is 0 Å². The van der Waals surface area contributed by atoms with Crippen molar-refractivity contribution < 1.29 is 13.2 Å². The highest BCUT2D eigenvalue weighted by Gasteiger charge is 2.33. The predicted octanol–water partition coefficient (Wildman–Crippen LogP) is 2.84. The average Bonchev–Trinajstić information content (AvgIpc) is 2.63. The number of hydrogen-bond donors (Lipinski definition) is 1. The van der Waals surface area contributed by atoms with E-state index >= 15 is 0 Å². The second-order valence-electron chi connectivity index (χ2n) is 7.36. The lowest BCUT2D eigenvalue weighted by molar-refractivity contribution is -0.127. The lowest BCUT2D eigenvalue weighted by atomic mass is 9.93. The van der Waals surface area contributed by atoms with E-state index < -0.39 is 10.0 Å². The first-order valence-electron chi connectivity index (χ1n) is 9.34. The first-order valence-corrected chi connectivity index (χ1v) is 10.8. The molecule has 1 saturated heterocycles. The van der Waals surface area contributed by atoms with E-state index in [4.69, 9.17) is 0 Å². The summed E-state index contributed by atoms with van der Waals surface area (Å²) in [4.78, 5) is 12.9. The molecule has 2 aliphatic rings. The number of hydrogen-bond acceptors (Lipinski definition) is 3. The van der Waals surface area contributed by atoms with Crippen LogP contribution in [-0.4, -0.2) is 37.8 Å². The fourth-order valence-corrected chi connectivity index (χ4v) is 5.32. The third kappa shape index (κ3) is 4.42. The lowest BCUT2D eigenvalue weighted by Crippen LogP contribution is -2.47. The van der Waals surface area contributed by atoms with Gasteiger partial charge in [0.25, 0.3) is 0 Å². The molecule has 3 rings (SSSR count). The summed E-state index contributed by atoms with van der Waals surface area (Å²) in [5.41, 5.74) is 1.03. The molecule has 1 aromatic rings. The maximum Gasteiger partial charge on any atom is 0.243 e. The molecule has 5 nitrogen and oxygen atoms in total. The molecule has 1 atom stereocenters. The summed E-state index contributed by atoms with van der Waals surface area (Å²) in [6, 6.07) is 7.19. The molecule has 1 heterocycles. The third-order valence-electron chi connectivity index (χ3n) is 5.37. The van der Waals surface area contributed by atoms with Crippen LogP contribution >= 0.6 is 0 Å². The lowest BCUT2D eigenvalue weighted by Gasteiger charge is -2.32. The molecule has 0 spiro atoms. The Hall–Kier alpha value is -1.40. The number of benzene rings is 1. The van der Waals surface area contributed by atoms with Gasteiger partial charge in [0.15, 0.2) is 0 Å². The minimum Gasteiger partial charge on any atom is -0.353 e. The minimum atomic E-state index is -3.52. The van der Waals surface area contributed by atoms with E-state index in [2.05, 4.69) is 5.32 Å². The fourth-order valence-electron chi connectivity index (χ4n) is 3.80. The second kappa shape index (κ2) is 7.87. The average molecular weight is 365 g/mol. The number of nitrogens with one attached hydrogen (secondary N) is 1. The number of piperidine rings is 1. The summed E-state index contributed by atoms with van der Waals surface area (Å²) in [5, 5.41) is 3.15. The van der Waals surface area contributed by atoms with Crippen LogP contribution < -0.4 is 5.32 Å². The number of rotatable bonds is 4. The van der Waals surface area contributed by atoms with Gasteiger partial charge in [-0.05, 0) is 44.7 Å². The van der Waals surface area contributed by atoms with Gasteiger partial charge in [0, 0.05) is 19.1 Å². The summed E-state index contributed by atoms with van der Waals surface area (Å²) in [7, 11) is -3.52. The van der Waals surface area contributed by atoms with Crippen molar-refractivity contribution in [3.8, 4) is 0 Å². The van der Waals surface area contributed by atoms with Crippen molar-refractivity contribution in [2.45, 2.75) is 62.8 Å². The summed E-state index contributed by atoms with van der Waals surface area (Å²) in [6.45, 7) is 2.71. The highest BCUT2D eigenvalue weighted by Crippen LogP contribution is 2.25. The van der Waals surface area contributed by atoms with Gasteiger partial charge in [-0.3, -0.25) is 4.79 Å². The number of amides is 1. The van der Waals surface area contributed by atoms with Crippen molar-refractivity contribution in [2.75, 3.05) is 13.1 Å². The van der Waals surface area contributed by atoms with E-state index in [9.17, 15) is 13.2 Å². The van der Waals surface area contributed by atoms with Crippen LogP contribution in [0.1, 0.15) is 50.5 Å². The topological polar surface area (TPSA) is 66.5 Å². The van der Waals surface area contributed by atoms with Crippen LogP contribution in [-0.2, 0) is 14.8 Å². The quantitative estimate of drug-likeness (QED) is 0.893. The maximum atomic E-state index is 12.9. The van der Waals surface area contributed by atoms with E-state index in [1.165, 1.54) is 23.6 Å². The van der Waals surface area contributed by atoms with Crippen molar-refractivity contribution in [1.82, 2.24) is 9.62 Å². The third-order valence-corrected chi connectivity index (χ3v) is 7.24. The smallest absolute Gasteiger partial charge is 0.243 e. The Kier molecular flexibility index (Phi) is 5.79. The van der Waals surface area contributed by atoms with Crippen molar-refractivity contribution >= 4 is 15.9 Å². The molecule has 1 aliphatic heterocycles. The van der Waals surface area contributed by atoms with Crippen molar-refractivity contribution in [3.05, 3.63) is 29.8 Å². The summed E-state index contributed by atoms with van der Waals surface area (Å²) < 4.78 is 27.2. The summed E-state index contributed by atoms with van der Waals surface area (Å²) in [6.07, 6.45) is 7.17. The summed E-state index contributed by atoms with van der Waals surface area (Å²) in [5.74, 6) is -0.216. The van der Waals surface area contributed by atoms with Crippen LogP contribution in [0.2, 0.25) is 0 Å². The summed E-state index contributed by atoms with van der Waals surface area (Å²) >= 11 is 0. The first kappa shape index (κ1) is 18.4. The van der Waals surface area contributed by atoms with Crippen LogP contribution in [0.15, 0.2) is 29.2 Å². The van der Waals surface area contributed by atoms with Crippen LogP contribution in [0.25, 0.3) is 0 Å². The first-order chi connectivity index (χ1) is 12.0. The zero-order valence-electron chi connectivity index (χ0n) is 14.9. The van der Waals surface area contributed by atoms with E-state index in [0.717, 1.165) is 31.2 Å². The van der Waals surface area contributed by atoms with Crippen LogP contribution in [0, 0.1) is 12.8 Å². The van der Waals surface area contributed by atoms with Crippen LogP contribution in [0.5, 0.6) is 0 Å². The van der Waals surface area contributed by atoms with E-state index in [1.807, 2.05) is 19.1 Å². The Bertz CT molecular complexity index is 694. The molecule has 0 radical (unpaired) electrons. The highest BCUT2D eigenvalue weighted by atomic mass is 32.2. The largest absolute Gasteiger partial charge is 0.353 e. The molecule has 6 heteroatoms. The van der Waals surface area contributed by atoms with Gasteiger partial charge in [0.2, 0.25) is 15.9 Å². The fraction of sp³-hybridized carbons (Fsp3) is 0.632. The van der Waals surface area contributed by atoms with Gasteiger partial charge in [-0.15, -0.1) is 0 Å². The van der Waals surface area contributed by atoms with Gasteiger partial charge in [0.1, 0.15) is 0 Å². The monoisotopic (exact) mass is 364 g/mol. The Morgan fingerprint density at radius 3 is 2.40 bits per heavy atom. The van der Waals surface area contributed by atoms with Crippen LogP contribution in [0.4, 0.5) is 0 Å². The van der Waals surface area contributed by atoms with Gasteiger partial charge < -0.3 is 5.32 Å². The molecule has 1 N–H and O–H groups in total. The second-order valence-corrected chi connectivity index (χ2v) is 9.30. The number of carbonyl (C=O) groups is 1. The molecule has 1 aliphatic carbocycles. The minimum absolute atomic E-state index is 0.0238. The van der Waals surface area contributed by atoms with E-state index in [-0.39, 0.29) is 24.4 Å². The Morgan fingerprint density at radius 1 is 1.04 bits per heavy atom. The molecule has 25 heavy (non-hydrogen) atoms. The number of carbonyl (C=O) groups excluding carboxylic acids is 1. The van der Waals surface area contributed by atoms with E-state index in [1.54, 1.807) is 12.1 Å².